The molecule has 38 heavy (non-hydrogen) atoms. The molecule has 0 spiro atoms. The minimum Gasteiger partial charge on any atom is -0.351 e. The predicted octanol–water partition coefficient (Wildman–Crippen LogP) is 2.87. The average Bonchev–Trinajstić information content (AvgIpc) is 3.40. The smallest absolute Gasteiger partial charge is 0.254 e. The van der Waals surface area contributed by atoms with Crippen LogP contribution in [0.4, 0.5) is 11.6 Å². The highest BCUT2D eigenvalue weighted by molar-refractivity contribution is 5.96. The summed E-state index contributed by atoms with van der Waals surface area (Å²) < 4.78 is 0. The predicted molar refractivity (Wildman–Crippen MR) is 146 cm³/mol. The van der Waals surface area contributed by atoms with Gasteiger partial charge in [-0.15, -0.1) is 0 Å². The van der Waals surface area contributed by atoms with Crippen LogP contribution in [0.1, 0.15) is 34.3 Å². The van der Waals surface area contributed by atoms with Crippen molar-refractivity contribution >= 4 is 23.5 Å². The van der Waals surface area contributed by atoms with E-state index >= 15 is 0 Å². The van der Waals surface area contributed by atoms with Crippen LogP contribution in [-0.2, 0) is 17.9 Å². The first kappa shape index (κ1) is 24.5. The highest BCUT2D eigenvalue weighted by Gasteiger charge is 2.32. The van der Waals surface area contributed by atoms with Gasteiger partial charge in [-0.05, 0) is 67.9 Å². The summed E-state index contributed by atoms with van der Waals surface area (Å²) in [5.74, 6) is 0.577. The number of nitrogens with zero attached hydrogens (tertiary/aromatic N) is 5. The minimum absolute atomic E-state index is 0.0329. The van der Waals surface area contributed by atoms with Crippen molar-refractivity contribution in [3.8, 4) is 11.3 Å². The molecule has 6 bridgehead atoms. The van der Waals surface area contributed by atoms with Crippen molar-refractivity contribution in [2.75, 3.05) is 45.1 Å². The monoisotopic (exact) mass is 511 g/mol. The van der Waals surface area contributed by atoms with Crippen molar-refractivity contribution in [2.24, 2.45) is 0 Å². The van der Waals surface area contributed by atoms with Gasteiger partial charge in [0.25, 0.3) is 5.91 Å². The number of fused-ring (bicyclic) bond motifs is 8. The van der Waals surface area contributed by atoms with Crippen LogP contribution in [0.15, 0.2) is 54.7 Å². The van der Waals surface area contributed by atoms with Crippen molar-refractivity contribution in [1.29, 1.82) is 0 Å². The second-order valence-corrected chi connectivity index (χ2v) is 10.4. The number of likely N-dealkylation sites (N-methyl/N-ethyl adjacent to an activating group) is 1. The number of amides is 2. The van der Waals surface area contributed by atoms with Gasteiger partial charge in [0.2, 0.25) is 11.9 Å². The normalized spacial score (nSPS) is 20.4. The quantitative estimate of drug-likeness (QED) is 0.519. The van der Waals surface area contributed by atoms with Crippen LogP contribution in [-0.4, -0.2) is 82.3 Å². The molecular formula is C29H33N7O2. The van der Waals surface area contributed by atoms with Crippen LogP contribution in [0.5, 0.6) is 0 Å². The Morgan fingerprint density at radius 3 is 2.76 bits per heavy atom. The Labute approximate surface area is 222 Å². The fraction of sp³-hybridized carbons (Fsp3) is 0.379. The van der Waals surface area contributed by atoms with Crippen molar-refractivity contribution in [1.82, 2.24) is 30.0 Å². The summed E-state index contributed by atoms with van der Waals surface area (Å²) >= 11 is 0. The van der Waals surface area contributed by atoms with Crippen molar-refractivity contribution in [3.05, 3.63) is 71.4 Å². The number of nitrogens with one attached hydrogen (secondary N) is 2. The van der Waals surface area contributed by atoms with Gasteiger partial charge in [-0.2, -0.15) is 0 Å². The lowest BCUT2D eigenvalue weighted by molar-refractivity contribution is -0.125. The molecule has 3 aromatic rings. The summed E-state index contributed by atoms with van der Waals surface area (Å²) in [6.45, 7) is 4.96. The molecular weight excluding hydrogens is 478 g/mol. The maximum atomic E-state index is 13.6. The molecule has 2 saturated heterocycles. The Morgan fingerprint density at radius 2 is 1.89 bits per heavy atom. The highest BCUT2D eigenvalue weighted by atomic mass is 16.2. The number of carbonyl (C=O) groups is 2. The van der Waals surface area contributed by atoms with E-state index in [1.165, 1.54) is 0 Å². The number of hydrogen-bond donors (Lipinski definition) is 2. The highest BCUT2D eigenvalue weighted by Crippen LogP contribution is 2.27. The molecule has 2 fully saturated rings. The minimum atomic E-state index is -0.217. The first-order valence-electron chi connectivity index (χ1n) is 13.4. The molecule has 0 radical (unpaired) electrons. The van der Waals surface area contributed by atoms with E-state index < -0.39 is 0 Å². The number of hydrogen-bond acceptors (Lipinski definition) is 7. The molecule has 3 aliphatic rings. The van der Waals surface area contributed by atoms with Gasteiger partial charge in [0.1, 0.15) is 0 Å². The zero-order valence-corrected chi connectivity index (χ0v) is 21.7. The third-order valence-corrected chi connectivity index (χ3v) is 7.77. The Morgan fingerprint density at radius 1 is 1.03 bits per heavy atom. The summed E-state index contributed by atoms with van der Waals surface area (Å²) in [6, 6.07) is 15.6. The standard InChI is InChI=1S/C29H33N7O2/c1-34-12-14-35(15-13-34)28(38)24-8-7-23-17-22(24)19-36-11-3-6-26(36)27(37)31-18-20-4-2-5-21(16-20)25-9-10-30-29(32-23)33-25/h2,4-5,7-10,16-17,26H,3,6,11-15,18-19H2,1H3,(H,31,37)(H,30,32,33)/t26-/m0/s1. The first-order valence-corrected chi connectivity index (χ1v) is 13.4. The second-order valence-electron chi connectivity index (χ2n) is 10.4. The van der Waals surface area contributed by atoms with Gasteiger partial charge in [-0.1, -0.05) is 18.2 Å². The molecule has 1 aromatic heterocycles. The maximum Gasteiger partial charge on any atom is 0.254 e. The molecule has 6 rings (SSSR count). The molecule has 0 unspecified atom stereocenters. The molecule has 9 heteroatoms. The zero-order valence-electron chi connectivity index (χ0n) is 21.7. The second kappa shape index (κ2) is 10.5. The molecule has 0 aliphatic carbocycles. The number of anilines is 2. The van der Waals surface area contributed by atoms with Crippen LogP contribution in [0.2, 0.25) is 0 Å². The van der Waals surface area contributed by atoms with Crippen LogP contribution < -0.4 is 10.6 Å². The number of aromatic nitrogens is 2. The van der Waals surface area contributed by atoms with E-state index in [-0.39, 0.29) is 17.9 Å². The summed E-state index contributed by atoms with van der Waals surface area (Å²) in [7, 11) is 2.08. The first-order chi connectivity index (χ1) is 18.5. The van der Waals surface area contributed by atoms with Crippen LogP contribution >= 0.6 is 0 Å². The fourth-order valence-electron chi connectivity index (χ4n) is 5.58. The molecule has 3 aliphatic heterocycles. The molecule has 2 aromatic carbocycles. The number of carbonyl (C=O) groups excluding carboxylic acids is 2. The summed E-state index contributed by atoms with van der Waals surface area (Å²) in [6.07, 6.45) is 3.50. The van der Waals surface area contributed by atoms with Gasteiger partial charge in [0.05, 0.1) is 11.7 Å². The molecule has 1 atom stereocenters. The van der Waals surface area contributed by atoms with Crippen LogP contribution in [0, 0.1) is 0 Å². The third kappa shape index (κ3) is 5.12. The molecule has 196 valence electrons. The SMILES string of the molecule is CN1CCN(C(=O)c2ccc3cc2CN2CCC[C@H]2C(=O)NCc2cccc(c2)-c2ccnc(n2)N3)CC1. The zero-order chi connectivity index (χ0) is 26.1. The van der Waals surface area contributed by atoms with Gasteiger partial charge < -0.3 is 20.4 Å². The Balaban J connectivity index is 1.38. The van der Waals surface area contributed by atoms with Gasteiger partial charge in [0.15, 0.2) is 0 Å². The number of benzene rings is 2. The van der Waals surface area contributed by atoms with E-state index in [4.69, 9.17) is 4.98 Å². The van der Waals surface area contributed by atoms with Gasteiger partial charge in [0, 0.05) is 62.3 Å². The van der Waals surface area contributed by atoms with Gasteiger partial charge >= 0.3 is 0 Å². The van der Waals surface area contributed by atoms with Crippen molar-refractivity contribution in [3.63, 3.8) is 0 Å². The molecule has 4 heterocycles. The summed E-state index contributed by atoms with van der Waals surface area (Å²) in [4.78, 5) is 42.5. The Kier molecular flexibility index (Phi) is 6.78. The Bertz CT molecular complexity index is 1350. The third-order valence-electron chi connectivity index (χ3n) is 7.77. The lowest BCUT2D eigenvalue weighted by Crippen LogP contribution is -2.47. The number of rotatable bonds is 1. The molecule has 9 nitrogen and oxygen atoms in total. The van der Waals surface area contributed by atoms with E-state index in [0.29, 0.717) is 37.7 Å². The van der Waals surface area contributed by atoms with Crippen molar-refractivity contribution < 1.29 is 9.59 Å². The van der Waals surface area contributed by atoms with E-state index in [0.717, 1.165) is 60.5 Å². The molecule has 0 saturated carbocycles. The molecule has 2 N–H and O–H groups in total. The van der Waals surface area contributed by atoms with E-state index in [9.17, 15) is 9.59 Å². The maximum absolute atomic E-state index is 13.6. The number of piperazine rings is 1. The molecule has 2 amide bonds. The van der Waals surface area contributed by atoms with E-state index in [1.54, 1.807) is 6.20 Å². The van der Waals surface area contributed by atoms with E-state index in [2.05, 4.69) is 38.5 Å². The largest absolute Gasteiger partial charge is 0.351 e. The lowest BCUT2D eigenvalue weighted by atomic mass is 10.0. The summed E-state index contributed by atoms with van der Waals surface area (Å²) in [5.41, 5.74) is 5.19. The summed E-state index contributed by atoms with van der Waals surface area (Å²) in [5, 5.41) is 6.49. The van der Waals surface area contributed by atoms with E-state index in [1.807, 2.05) is 47.4 Å². The fourth-order valence-corrected chi connectivity index (χ4v) is 5.58. The average molecular weight is 512 g/mol. The van der Waals surface area contributed by atoms with Crippen LogP contribution in [0.25, 0.3) is 11.3 Å². The van der Waals surface area contributed by atoms with Crippen molar-refractivity contribution in [2.45, 2.75) is 32.0 Å². The lowest BCUT2D eigenvalue weighted by Gasteiger charge is -2.33. The topological polar surface area (TPSA) is 93.7 Å². The van der Waals surface area contributed by atoms with Crippen LogP contribution in [0.3, 0.4) is 0 Å². The van der Waals surface area contributed by atoms with Gasteiger partial charge in [-0.3, -0.25) is 14.5 Å². The Hall–Kier alpha value is -3.82. The van der Waals surface area contributed by atoms with Gasteiger partial charge in [-0.25, -0.2) is 9.97 Å².